The quantitative estimate of drug-likeness (QED) is 0.329. The number of aliphatic imine (C=N–C) groups is 2. The van der Waals surface area contributed by atoms with Crippen LogP contribution in [0.25, 0.3) is 0 Å². The molecule has 2 fully saturated rings. The molecule has 2 atom stereocenters. The molecular weight excluding hydrogens is 710 g/mol. The summed E-state index contributed by atoms with van der Waals surface area (Å²) >= 11 is 10.1. The van der Waals surface area contributed by atoms with Gasteiger partial charge in [-0.2, -0.15) is 0 Å². The van der Waals surface area contributed by atoms with Gasteiger partial charge in [-0.1, -0.05) is 55.4 Å². The zero-order chi connectivity index (χ0) is 30.2. The molecule has 4 aliphatic rings. The van der Waals surface area contributed by atoms with Gasteiger partial charge in [-0.15, -0.1) is 0 Å². The molecule has 0 aliphatic carbocycles. The molecule has 228 valence electrons. The van der Waals surface area contributed by atoms with Crippen LogP contribution in [0.1, 0.15) is 63.5 Å². The molecule has 0 radical (unpaired) electrons. The van der Waals surface area contributed by atoms with Crippen molar-refractivity contribution in [3.63, 3.8) is 0 Å². The number of nitrogens with two attached hydrogens (primary N) is 2. The van der Waals surface area contributed by atoms with Crippen LogP contribution >= 0.6 is 55.4 Å². The fourth-order valence-electron chi connectivity index (χ4n) is 6.56. The van der Waals surface area contributed by atoms with Gasteiger partial charge in [-0.3, -0.25) is 9.98 Å². The van der Waals surface area contributed by atoms with E-state index >= 15 is 0 Å². The van der Waals surface area contributed by atoms with Crippen LogP contribution in [0.5, 0.6) is 0 Å². The molecule has 2 aromatic carbocycles. The largest absolute Gasteiger partial charge is 0.381 e. The number of amidine groups is 2. The number of halogens is 4. The second-order valence-electron chi connectivity index (χ2n) is 11.8. The summed E-state index contributed by atoms with van der Waals surface area (Å²) in [6, 6.07) is 10.0. The molecule has 0 bridgehead atoms. The minimum absolute atomic E-state index is 0.00753. The molecule has 0 amide bonds. The SMILES string of the molecule is C[C@@]1(c2cc(Br)ccc2F)CC2(CCOCC2)SC(N)=N1.C[C@]1(c2cc(Br)ccc2F)CC2(CCOCC2)SC(N)=N1. The topological polar surface area (TPSA) is 95.2 Å². The van der Waals surface area contributed by atoms with Gasteiger partial charge in [0.05, 0.1) is 11.1 Å². The lowest BCUT2D eigenvalue weighted by Gasteiger charge is -2.45. The Morgan fingerprint density at radius 3 is 1.40 bits per heavy atom. The highest BCUT2D eigenvalue weighted by Crippen LogP contribution is 2.52. The summed E-state index contributed by atoms with van der Waals surface area (Å²) in [5.74, 6) is -0.460. The molecule has 12 heteroatoms. The van der Waals surface area contributed by atoms with Gasteiger partial charge in [-0.25, -0.2) is 8.78 Å². The number of ether oxygens (including phenoxy) is 2. The van der Waals surface area contributed by atoms with Crippen molar-refractivity contribution in [1.82, 2.24) is 0 Å². The van der Waals surface area contributed by atoms with Crippen LogP contribution in [0.3, 0.4) is 0 Å². The first-order valence-electron chi connectivity index (χ1n) is 14.0. The predicted molar refractivity (Wildman–Crippen MR) is 176 cm³/mol. The molecular formula is C30H36Br2F2N4O2S2. The van der Waals surface area contributed by atoms with Gasteiger partial charge < -0.3 is 20.9 Å². The molecule has 4 N–H and O–H groups in total. The lowest BCUT2D eigenvalue weighted by Crippen LogP contribution is -2.45. The van der Waals surface area contributed by atoms with Crippen molar-refractivity contribution < 1.29 is 18.3 Å². The van der Waals surface area contributed by atoms with Crippen LogP contribution in [0.15, 0.2) is 55.3 Å². The van der Waals surface area contributed by atoms with Crippen molar-refractivity contribution >= 4 is 65.7 Å². The maximum absolute atomic E-state index is 14.3. The fraction of sp³-hybridized carbons (Fsp3) is 0.533. The Morgan fingerprint density at radius 2 is 1.05 bits per heavy atom. The van der Waals surface area contributed by atoms with Gasteiger partial charge in [0.1, 0.15) is 11.6 Å². The van der Waals surface area contributed by atoms with Gasteiger partial charge in [0.2, 0.25) is 0 Å². The third kappa shape index (κ3) is 7.04. The second kappa shape index (κ2) is 12.7. The number of nitrogens with zero attached hydrogens (tertiary/aromatic N) is 2. The number of hydrogen-bond donors (Lipinski definition) is 2. The van der Waals surface area contributed by atoms with Crippen molar-refractivity contribution in [2.24, 2.45) is 21.5 Å². The van der Waals surface area contributed by atoms with Crippen LogP contribution < -0.4 is 11.5 Å². The maximum Gasteiger partial charge on any atom is 0.155 e. The van der Waals surface area contributed by atoms with Crippen LogP contribution in [-0.2, 0) is 20.6 Å². The minimum atomic E-state index is -0.624. The van der Waals surface area contributed by atoms with Gasteiger partial charge in [0, 0.05) is 56.0 Å². The first-order chi connectivity index (χ1) is 19.8. The van der Waals surface area contributed by atoms with Gasteiger partial charge in [-0.05, 0) is 88.8 Å². The number of rotatable bonds is 2. The van der Waals surface area contributed by atoms with Gasteiger partial charge in [0.15, 0.2) is 10.3 Å². The Balaban J connectivity index is 0.000000168. The summed E-state index contributed by atoms with van der Waals surface area (Å²) in [4.78, 5) is 9.18. The van der Waals surface area contributed by atoms with Crippen LogP contribution in [0.4, 0.5) is 8.78 Å². The van der Waals surface area contributed by atoms with Gasteiger partial charge >= 0.3 is 0 Å². The van der Waals surface area contributed by atoms with E-state index in [1.807, 2.05) is 26.0 Å². The highest BCUT2D eigenvalue weighted by atomic mass is 79.9. The molecule has 2 spiro atoms. The summed E-state index contributed by atoms with van der Waals surface area (Å²) in [7, 11) is 0. The molecule has 2 saturated heterocycles. The summed E-state index contributed by atoms with van der Waals surface area (Å²) < 4.78 is 41.3. The van der Waals surface area contributed by atoms with Crippen molar-refractivity contribution in [2.45, 2.75) is 72.9 Å². The van der Waals surface area contributed by atoms with Crippen LogP contribution in [-0.4, -0.2) is 46.3 Å². The Bertz CT molecular complexity index is 1280. The molecule has 0 saturated carbocycles. The second-order valence-corrected chi connectivity index (χ2v) is 16.7. The Morgan fingerprint density at radius 1 is 0.690 bits per heavy atom. The van der Waals surface area contributed by atoms with E-state index in [9.17, 15) is 8.78 Å². The van der Waals surface area contributed by atoms with Crippen molar-refractivity contribution in [3.8, 4) is 0 Å². The number of hydrogen-bond acceptors (Lipinski definition) is 8. The molecule has 2 aromatic rings. The Hall–Kier alpha value is -1.18. The Labute approximate surface area is 271 Å². The molecule has 0 aromatic heterocycles. The molecule has 6 rings (SSSR count). The maximum atomic E-state index is 14.3. The third-order valence-corrected chi connectivity index (χ3v) is 12.1. The standard InChI is InChI=1S/2C15H18BrFN2OS/c2*1-14(11-8-10(16)2-3-12(11)17)9-15(21-13(18)19-14)4-6-20-7-5-15/h2*2-3,8H,4-7,9H2,1H3,(H2,18,19)/t2*14-/m10/s1. The lowest BCUT2D eigenvalue weighted by atomic mass is 9.79. The van der Waals surface area contributed by atoms with E-state index < -0.39 is 11.1 Å². The molecule has 42 heavy (non-hydrogen) atoms. The van der Waals surface area contributed by atoms with E-state index in [4.69, 9.17) is 20.9 Å². The normalized spacial score (nSPS) is 28.4. The summed E-state index contributed by atoms with van der Waals surface area (Å²) in [6.45, 7) is 6.88. The van der Waals surface area contributed by atoms with Crippen molar-refractivity contribution in [2.75, 3.05) is 26.4 Å². The van der Waals surface area contributed by atoms with Crippen molar-refractivity contribution in [1.29, 1.82) is 0 Å². The van der Waals surface area contributed by atoms with E-state index in [0.29, 0.717) is 21.5 Å². The van der Waals surface area contributed by atoms with E-state index in [-0.39, 0.29) is 21.1 Å². The third-order valence-electron chi connectivity index (χ3n) is 8.51. The molecule has 0 unspecified atom stereocenters. The summed E-state index contributed by atoms with van der Waals surface area (Å²) in [5.41, 5.74) is 12.1. The van der Waals surface area contributed by atoms with E-state index in [0.717, 1.165) is 73.9 Å². The molecule has 4 heterocycles. The van der Waals surface area contributed by atoms with Crippen LogP contribution in [0, 0.1) is 11.6 Å². The van der Waals surface area contributed by atoms with E-state index in [1.165, 1.54) is 12.1 Å². The monoisotopic (exact) mass is 744 g/mol. The highest BCUT2D eigenvalue weighted by Gasteiger charge is 2.47. The van der Waals surface area contributed by atoms with Crippen molar-refractivity contribution in [3.05, 3.63) is 68.1 Å². The van der Waals surface area contributed by atoms with Crippen LogP contribution in [0.2, 0.25) is 0 Å². The lowest BCUT2D eigenvalue weighted by molar-refractivity contribution is 0.0689. The average molecular weight is 747 g/mol. The zero-order valence-electron chi connectivity index (χ0n) is 23.7. The summed E-state index contributed by atoms with van der Waals surface area (Å²) in [6.07, 6.45) is 5.28. The molecule has 6 nitrogen and oxygen atoms in total. The Kier molecular flexibility index (Phi) is 9.72. The highest BCUT2D eigenvalue weighted by molar-refractivity contribution is 9.10. The zero-order valence-corrected chi connectivity index (χ0v) is 28.5. The van der Waals surface area contributed by atoms with Gasteiger partial charge in [0.25, 0.3) is 0 Å². The number of benzene rings is 2. The first kappa shape index (κ1) is 32.2. The van der Waals surface area contributed by atoms with E-state index in [2.05, 4.69) is 41.8 Å². The first-order valence-corrected chi connectivity index (χ1v) is 17.2. The average Bonchev–Trinajstić information content (AvgIpc) is 2.91. The number of thioether (sulfide) groups is 2. The smallest absolute Gasteiger partial charge is 0.155 e. The summed E-state index contributed by atoms with van der Waals surface area (Å²) in [5, 5.41) is 1.09. The molecule has 4 aliphatic heterocycles. The minimum Gasteiger partial charge on any atom is -0.381 e. The van der Waals surface area contributed by atoms with E-state index in [1.54, 1.807) is 35.7 Å². The fourth-order valence-corrected chi connectivity index (χ4v) is 10.1. The predicted octanol–water partition coefficient (Wildman–Crippen LogP) is 7.61.